The molecule has 37 heavy (non-hydrogen) atoms. The Bertz CT molecular complexity index is 1350. The standard InChI is InChI=1S/C23H19F4N4O5P/c24-17-4-1-15(2-5-17)19-7-6-18(14-28-19)35-21-13-16(3-8-20(21)31(32)33)22(23(25,26)27)36-37(34,29-9-10-29)30-11-12-30/h1-8,13-14,22H,9-12H2. The second kappa shape index (κ2) is 9.49. The Balaban J connectivity index is 1.44. The quantitative estimate of drug-likeness (QED) is 0.108. The summed E-state index contributed by atoms with van der Waals surface area (Å²) >= 11 is 0. The van der Waals surface area contributed by atoms with E-state index < -0.39 is 47.7 Å². The molecule has 1 aromatic heterocycles. The summed E-state index contributed by atoms with van der Waals surface area (Å²) in [5, 5.41) is 11.5. The van der Waals surface area contributed by atoms with Crippen LogP contribution in [0.5, 0.6) is 11.5 Å². The Morgan fingerprint density at radius 1 is 1.00 bits per heavy atom. The van der Waals surface area contributed by atoms with Crippen molar-refractivity contribution >= 4 is 13.4 Å². The van der Waals surface area contributed by atoms with E-state index in [2.05, 4.69) is 4.98 Å². The number of benzene rings is 2. The molecule has 2 fully saturated rings. The lowest BCUT2D eigenvalue weighted by atomic mass is 10.1. The number of nitro groups is 1. The van der Waals surface area contributed by atoms with Crippen LogP contribution >= 0.6 is 7.67 Å². The third-order valence-electron chi connectivity index (χ3n) is 5.69. The average Bonchev–Trinajstić information content (AvgIpc) is 3.75. The number of hydrogen-bond donors (Lipinski definition) is 0. The van der Waals surface area contributed by atoms with Crippen molar-refractivity contribution in [2.24, 2.45) is 0 Å². The predicted molar refractivity (Wildman–Crippen MR) is 123 cm³/mol. The summed E-state index contributed by atoms with van der Waals surface area (Å²) in [6.07, 6.45) is -6.31. The first-order chi connectivity index (χ1) is 17.5. The highest BCUT2D eigenvalue weighted by molar-refractivity contribution is 7.54. The number of ether oxygens (including phenoxy) is 1. The molecule has 194 valence electrons. The van der Waals surface area contributed by atoms with E-state index >= 15 is 0 Å². The zero-order valence-corrected chi connectivity index (χ0v) is 19.9. The van der Waals surface area contributed by atoms with Crippen LogP contribution in [-0.4, -0.2) is 51.6 Å². The van der Waals surface area contributed by atoms with Gasteiger partial charge in [-0.25, -0.2) is 13.7 Å². The first-order valence-electron chi connectivity index (χ1n) is 11.1. The van der Waals surface area contributed by atoms with E-state index in [0.717, 1.165) is 18.2 Å². The van der Waals surface area contributed by atoms with Crippen molar-refractivity contribution in [3.05, 3.63) is 82.3 Å². The number of halogens is 4. The van der Waals surface area contributed by atoms with Gasteiger partial charge in [0.25, 0.3) is 0 Å². The largest absolute Gasteiger partial charge is 0.448 e. The number of rotatable bonds is 9. The molecule has 3 aromatic rings. The van der Waals surface area contributed by atoms with Gasteiger partial charge in [-0.05, 0) is 54.1 Å². The molecule has 0 saturated carbocycles. The number of nitro benzene ring substituents is 1. The highest BCUT2D eigenvalue weighted by Crippen LogP contribution is 2.64. The number of pyridine rings is 1. The summed E-state index contributed by atoms with van der Waals surface area (Å²) in [6.45, 7) is 1.42. The van der Waals surface area contributed by atoms with E-state index in [1.807, 2.05) is 0 Å². The summed E-state index contributed by atoms with van der Waals surface area (Å²) in [7, 11) is -3.87. The Morgan fingerprint density at radius 3 is 2.16 bits per heavy atom. The van der Waals surface area contributed by atoms with Crippen LogP contribution in [0.3, 0.4) is 0 Å². The lowest BCUT2D eigenvalue weighted by Gasteiger charge is -2.28. The highest BCUT2D eigenvalue weighted by Gasteiger charge is 2.55. The molecule has 3 heterocycles. The van der Waals surface area contributed by atoms with E-state index in [-0.39, 0.29) is 5.75 Å². The molecule has 1 unspecified atom stereocenters. The van der Waals surface area contributed by atoms with Gasteiger partial charge in [0.05, 0.1) is 16.8 Å². The van der Waals surface area contributed by atoms with Gasteiger partial charge in [0.15, 0.2) is 6.10 Å². The number of hydrogen-bond acceptors (Lipinski definition) is 6. The van der Waals surface area contributed by atoms with Crippen LogP contribution in [0.15, 0.2) is 60.8 Å². The maximum absolute atomic E-state index is 14.1. The van der Waals surface area contributed by atoms with Crippen LogP contribution in [0.1, 0.15) is 11.7 Å². The zero-order chi connectivity index (χ0) is 26.4. The van der Waals surface area contributed by atoms with Gasteiger partial charge in [0, 0.05) is 37.8 Å². The molecular weight excluding hydrogens is 519 g/mol. The fourth-order valence-corrected chi connectivity index (χ4v) is 5.97. The van der Waals surface area contributed by atoms with E-state index in [0.29, 0.717) is 37.4 Å². The third-order valence-corrected chi connectivity index (χ3v) is 8.40. The number of alkyl halides is 3. The minimum absolute atomic E-state index is 0.0226. The molecule has 1 atom stereocenters. The SMILES string of the molecule is O=[N+]([O-])c1ccc(C(OP(=O)(N2CC2)N2CC2)C(F)(F)F)cc1Oc1ccc(-c2ccc(F)cc2)nc1. The smallest absolute Gasteiger partial charge is 0.419 e. The Hall–Kier alpha value is -3.38. The van der Waals surface area contributed by atoms with Gasteiger partial charge >= 0.3 is 19.5 Å². The molecule has 9 nitrogen and oxygen atoms in total. The van der Waals surface area contributed by atoms with Crippen molar-refractivity contribution < 1.29 is 36.3 Å². The van der Waals surface area contributed by atoms with E-state index in [1.165, 1.54) is 51.9 Å². The molecule has 2 aliphatic rings. The van der Waals surface area contributed by atoms with Crippen LogP contribution in [-0.2, 0) is 9.09 Å². The van der Waals surface area contributed by atoms with Crippen molar-refractivity contribution in [2.75, 3.05) is 26.2 Å². The minimum Gasteiger partial charge on any atom is -0.448 e. The molecule has 2 aromatic carbocycles. The zero-order valence-electron chi connectivity index (χ0n) is 19.0. The van der Waals surface area contributed by atoms with Gasteiger partial charge < -0.3 is 4.74 Å². The van der Waals surface area contributed by atoms with Gasteiger partial charge in [-0.15, -0.1) is 0 Å². The van der Waals surface area contributed by atoms with E-state index in [9.17, 15) is 32.2 Å². The molecule has 2 saturated heterocycles. The van der Waals surface area contributed by atoms with Gasteiger partial charge in [0.2, 0.25) is 5.75 Å². The lowest BCUT2D eigenvalue weighted by Crippen LogP contribution is -2.25. The Kier molecular flexibility index (Phi) is 6.48. The van der Waals surface area contributed by atoms with Crippen LogP contribution in [0.25, 0.3) is 11.3 Å². The summed E-state index contributed by atoms with van der Waals surface area (Å²) in [4.78, 5) is 14.9. The van der Waals surface area contributed by atoms with Crippen LogP contribution in [0.2, 0.25) is 0 Å². The molecule has 2 aliphatic heterocycles. The fraction of sp³-hybridized carbons (Fsp3) is 0.261. The molecule has 0 aliphatic carbocycles. The van der Waals surface area contributed by atoms with E-state index in [1.54, 1.807) is 0 Å². The van der Waals surface area contributed by atoms with Crippen molar-refractivity contribution in [3.63, 3.8) is 0 Å². The number of aromatic nitrogens is 1. The maximum Gasteiger partial charge on any atom is 0.419 e. The van der Waals surface area contributed by atoms with Gasteiger partial charge in [-0.1, -0.05) is 0 Å². The first kappa shape index (κ1) is 25.3. The van der Waals surface area contributed by atoms with Gasteiger partial charge in [0.1, 0.15) is 11.6 Å². The molecule has 5 rings (SSSR count). The molecule has 0 amide bonds. The number of nitrogens with zero attached hydrogens (tertiary/aromatic N) is 4. The van der Waals surface area contributed by atoms with Gasteiger partial charge in [-0.2, -0.15) is 13.2 Å². The van der Waals surface area contributed by atoms with Crippen LogP contribution in [0, 0.1) is 15.9 Å². The summed E-state index contributed by atoms with van der Waals surface area (Å²) in [5.41, 5.74) is -0.00404. The van der Waals surface area contributed by atoms with Crippen molar-refractivity contribution in [1.82, 2.24) is 14.3 Å². The highest BCUT2D eigenvalue weighted by atomic mass is 31.2. The second-order valence-electron chi connectivity index (χ2n) is 8.40. The Labute approximate surface area is 207 Å². The topological polar surface area (TPSA) is 97.6 Å². The average molecular weight is 538 g/mol. The van der Waals surface area contributed by atoms with Crippen molar-refractivity contribution in [3.8, 4) is 22.8 Å². The Morgan fingerprint density at radius 2 is 1.65 bits per heavy atom. The molecule has 0 radical (unpaired) electrons. The lowest BCUT2D eigenvalue weighted by molar-refractivity contribution is -0.385. The van der Waals surface area contributed by atoms with Crippen LogP contribution < -0.4 is 4.74 Å². The fourth-order valence-electron chi connectivity index (χ4n) is 3.64. The van der Waals surface area contributed by atoms with E-state index in [4.69, 9.17) is 9.26 Å². The molecular formula is C23H19F4N4O5P. The molecule has 14 heteroatoms. The summed E-state index contributed by atoms with van der Waals surface area (Å²) in [6, 6.07) is 11.1. The van der Waals surface area contributed by atoms with Crippen LogP contribution in [0.4, 0.5) is 23.2 Å². The monoisotopic (exact) mass is 538 g/mol. The summed E-state index contributed by atoms with van der Waals surface area (Å²) < 4.78 is 82.1. The predicted octanol–water partition coefficient (Wildman–Crippen LogP) is 5.95. The van der Waals surface area contributed by atoms with Gasteiger partial charge in [-0.3, -0.25) is 24.2 Å². The minimum atomic E-state index is -4.95. The first-order valence-corrected chi connectivity index (χ1v) is 12.6. The normalized spacial score (nSPS) is 16.9. The second-order valence-corrected chi connectivity index (χ2v) is 10.7. The third kappa shape index (κ3) is 5.49. The van der Waals surface area contributed by atoms with Crippen molar-refractivity contribution in [2.45, 2.75) is 12.3 Å². The summed E-state index contributed by atoms with van der Waals surface area (Å²) in [5.74, 6) is -0.864. The van der Waals surface area contributed by atoms with Crippen molar-refractivity contribution in [1.29, 1.82) is 0 Å². The maximum atomic E-state index is 14.1. The molecule has 0 spiro atoms. The molecule has 0 N–H and O–H groups in total. The molecule has 0 bridgehead atoms.